The zero-order chi connectivity index (χ0) is 23.0. The monoisotopic (exact) mass is 468 g/mol. The zero-order valence-electron chi connectivity index (χ0n) is 17.1. The molecule has 2 N–H and O–H groups in total. The van der Waals surface area contributed by atoms with Crippen molar-refractivity contribution in [2.24, 2.45) is 0 Å². The van der Waals surface area contributed by atoms with Crippen LogP contribution in [0, 0.1) is 6.92 Å². The molecular weight excluding hydrogens is 451 g/mol. The Morgan fingerprint density at radius 2 is 1.91 bits per heavy atom. The maximum absolute atomic E-state index is 13.4. The number of hydrogen-bond acceptors (Lipinski definition) is 5. The smallest absolute Gasteiger partial charge is 0.274 e. The number of halogens is 2. The Bertz CT molecular complexity index is 1400. The van der Waals surface area contributed by atoms with Gasteiger partial charge < -0.3 is 10.4 Å². The number of anilines is 1. The summed E-state index contributed by atoms with van der Waals surface area (Å²) in [6, 6.07) is 13.8. The van der Waals surface area contributed by atoms with E-state index >= 15 is 0 Å². The number of nitrogens with one attached hydrogen (secondary N) is 1. The van der Waals surface area contributed by atoms with Gasteiger partial charge in [0.05, 0.1) is 34.0 Å². The van der Waals surface area contributed by atoms with Gasteiger partial charge in [-0.15, -0.1) is 0 Å². The number of hydrogen-bond donors (Lipinski definition) is 2. The van der Waals surface area contributed by atoms with E-state index in [0.717, 1.165) is 11.1 Å². The summed E-state index contributed by atoms with van der Waals surface area (Å²) in [6.45, 7) is 3.90. The molecule has 0 unspecified atom stereocenters. The fourth-order valence-electron chi connectivity index (χ4n) is 3.43. The third-order valence-corrected chi connectivity index (χ3v) is 5.69. The van der Waals surface area contributed by atoms with Crippen molar-refractivity contribution < 1.29 is 9.90 Å². The number of pyridine rings is 1. The minimum absolute atomic E-state index is 0.104. The van der Waals surface area contributed by atoms with Gasteiger partial charge in [0, 0.05) is 0 Å². The van der Waals surface area contributed by atoms with Crippen LogP contribution in [-0.2, 0) is 0 Å². The number of rotatable bonds is 4. The first kappa shape index (κ1) is 21.8. The second-order valence-electron chi connectivity index (χ2n) is 7.33. The van der Waals surface area contributed by atoms with Crippen LogP contribution < -0.4 is 10.9 Å². The molecule has 0 fully saturated rings. The van der Waals surface area contributed by atoms with Gasteiger partial charge in [-0.3, -0.25) is 14.2 Å². The molecule has 7 nitrogen and oxygen atoms in total. The molecule has 0 aliphatic rings. The number of carbonyl (C=O) groups is 1. The third kappa shape index (κ3) is 4.04. The summed E-state index contributed by atoms with van der Waals surface area (Å²) in [5.74, 6) is -1.05. The molecule has 9 heteroatoms. The molecule has 0 aliphatic heterocycles. The van der Waals surface area contributed by atoms with E-state index in [-0.39, 0.29) is 38.5 Å². The van der Waals surface area contributed by atoms with Crippen LogP contribution in [0.4, 0.5) is 5.69 Å². The van der Waals surface area contributed by atoms with E-state index in [2.05, 4.69) is 15.3 Å². The second-order valence-corrected chi connectivity index (χ2v) is 8.09. The summed E-state index contributed by atoms with van der Waals surface area (Å²) in [5.41, 5.74) is 2.37. The van der Waals surface area contributed by atoms with Crippen LogP contribution in [0.2, 0.25) is 10.2 Å². The lowest BCUT2D eigenvalue weighted by Gasteiger charge is -2.17. The van der Waals surface area contributed by atoms with Gasteiger partial charge >= 0.3 is 0 Å². The number of benzene rings is 2. The molecule has 1 amide bonds. The first-order valence-electron chi connectivity index (χ1n) is 9.69. The number of amides is 1. The first-order valence-corrected chi connectivity index (χ1v) is 10.4. The largest absolute Gasteiger partial charge is 0.504 e. The molecular formula is C23H18Cl2N4O3. The number of fused-ring (bicyclic) bond motifs is 1. The van der Waals surface area contributed by atoms with E-state index < -0.39 is 11.7 Å². The highest BCUT2D eigenvalue weighted by molar-refractivity contribution is 6.36. The summed E-state index contributed by atoms with van der Waals surface area (Å²) in [7, 11) is 0. The molecule has 4 rings (SSSR count). The quantitative estimate of drug-likeness (QED) is 0.411. The fraction of sp³-hybridized carbons (Fsp3) is 0.130. The molecule has 0 spiro atoms. The molecule has 0 bridgehead atoms. The van der Waals surface area contributed by atoms with Crippen LogP contribution in [0.15, 0.2) is 59.7 Å². The number of aryl methyl sites for hydroxylation is 1. The maximum Gasteiger partial charge on any atom is 0.274 e. The number of carbonyl (C=O) groups excluding carboxylic acids is 1. The molecule has 0 saturated heterocycles. The Kier molecular flexibility index (Phi) is 5.86. The minimum Gasteiger partial charge on any atom is -0.504 e. The van der Waals surface area contributed by atoms with Crippen molar-refractivity contribution >= 4 is 45.7 Å². The molecule has 0 radical (unpaired) electrons. The van der Waals surface area contributed by atoms with Crippen molar-refractivity contribution in [1.82, 2.24) is 14.5 Å². The lowest BCUT2D eigenvalue weighted by Crippen LogP contribution is -2.26. The van der Waals surface area contributed by atoms with Gasteiger partial charge in [-0.05, 0) is 37.6 Å². The Morgan fingerprint density at radius 3 is 2.62 bits per heavy atom. The van der Waals surface area contributed by atoms with E-state index in [1.807, 2.05) is 38.1 Å². The van der Waals surface area contributed by atoms with Crippen LogP contribution in [0.25, 0.3) is 10.9 Å². The summed E-state index contributed by atoms with van der Waals surface area (Å²) < 4.78 is 1.53. The predicted molar refractivity (Wildman–Crippen MR) is 125 cm³/mol. The predicted octanol–water partition coefficient (Wildman–Crippen LogP) is 4.97. The highest BCUT2D eigenvalue weighted by Crippen LogP contribution is 2.30. The summed E-state index contributed by atoms with van der Waals surface area (Å²) in [4.78, 5) is 34.4. The van der Waals surface area contributed by atoms with Crippen molar-refractivity contribution in [2.75, 3.05) is 5.32 Å². The van der Waals surface area contributed by atoms with Crippen molar-refractivity contribution in [3.63, 3.8) is 0 Å². The van der Waals surface area contributed by atoms with Crippen LogP contribution in [0.1, 0.15) is 34.6 Å². The van der Waals surface area contributed by atoms with Gasteiger partial charge in [-0.2, -0.15) is 0 Å². The zero-order valence-corrected chi connectivity index (χ0v) is 18.6. The molecule has 0 aliphatic carbocycles. The Morgan fingerprint density at radius 1 is 1.16 bits per heavy atom. The second kappa shape index (κ2) is 8.61. The molecule has 162 valence electrons. The molecule has 2 heterocycles. The van der Waals surface area contributed by atoms with Gasteiger partial charge in [0.25, 0.3) is 11.5 Å². The van der Waals surface area contributed by atoms with Crippen molar-refractivity contribution in [3.05, 3.63) is 92.2 Å². The molecule has 2 aromatic carbocycles. The van der Waals surface area contributed by atoms with Crippen molar-refractivity contribution in [1.29, 1.82) is 0 Å². The van der Waals surface area contributed by atoms with E-state index in [0.29, 0.717) is 5.52 Å². The highest BCUT2D eigenvalue weighted by Gasteiger charge is 2.18. The van der Waals surface area contributed by atoms with Gasteiger partial charge in [-0.25, -0.2) is 9.97 Å². The molecule has 4 aromatic rings. The first-order chi connectivity index (χ1) is 15.3. The SMILES string of the molecule is Cc1cccc([C@H](C)n2cnc3cccc(NC(=O)c4cc(Cl)c(O)c(Cl)n4)c3c2=O)c1. The average molecular weight is 469 g/mol. The van der Waals surface area contributed by atoms with Crippen LogP contribution in [-0.4, -0.2) is 25.5 Å². The maximum atomic E-state index is 13.4. The van der Waals surface area contributed by atoms with Crippen LogP contribution >= 0.6 is 23.2 Å². The lowest BCUT2D eigenvalue weighted by molar-refractivity contribution is 0.102. The van der Waals surface area contributed by atoms with Gasteiger partial charge in [-0.1, -0.05) is 59.1 Å². The van der Waals surface area contributed by atoms with Crippen LogP contribution in [0.5, 0.6) is 5.75 Å². The Labute approximate surface area is 193 Å². The number of aromatic nitrogens is 3. The molecule has 32 heavy (non-hydrogen) atoms. The van der Waals surface area contributed by atoms with E-state index in [9.17, 15) is 14.7 Å². The topological polar surface area (TPSA) is 97.1 Å². The normalized spacial score (nSPS) is 12.0. The van der Waals surface area contributed by atoms with Gasteiger partial charge in [0.15, 0.2) is 10.9 Å². The Hall–Kier alpha value is -3.42. The minimum atomic E-state index is -0.636. The fourth-order valence-corrected chi connectivity index (χ4v) is 3.86. The van der Waals surface area contributed by atoms with Gasteiger partial charge in [0.2, 0.25) is 0 Å². The molecule has 0 saturated carbocycles. The summed E-state index contributed by atoms with van der Waals surface area (Å²) >= 11 is 11.7. The van der Waals surface area contributed by atoms with E-state index in [4.69, 9.17) is 23.2 Å². The summed E-state index contributed by atoms with van der Waals surface area (Å²) in [5, 5.41) is 12.2. The standard InChI is InChI=1S/C23H18Cl2N4O3/c1-12-5-3-6-14(9-12)13(2)29-11-26-16-7-4-8-17(19(16)23(29)32)28-22(31)18-10-15(24)20(30)21(25)27-18/h3-11,13,30H,1-2H3,(H,28,31)/t13-/m0/s1. The number of aromatic hydroxyl groups is 1. The van der Waals surface area contributed by atoms with E-state index in [1.54, 1.807) is 18.2 Å². The number of nitrogens with zero attached hydrogens (tertiary/aromatic N) is 3. The van der Waals surface area contributed by atoms with Gasteiger partial charge in [0.1, 0.15) is 5.69 Å². The highest BCUT2D eigenvalue weighted by atomic mass is 35.5. The van der Waals surface area contributed by atoms with Crippen LogP contribution in [0.3, 0.4) is 0 Å². The lowest BCUT2D eigenvalue weighted by atomic mass is 10.1. The third-order valence-electron chi connectivity index (χ3n) is 5.14. The van der Waals surface area contributed by atoms with Crippen molar-refractivity contribution in [3.8, 4) is 5.75 Å². The molecule has 2 aromatic heterocycles. The molecule has 1 atom stereocenters. The Balaban J connectivity index is 1.77. The van der Waals surface area contributed by atoms with E-state index in [1.165, 1.54) is 17.0 Å². The average Bonchev–Trinajstić information content (AvgIpc) is 2.77. The summed E-state index contributed by atoms with van der Waals surface area (Å²) in [6.07, 6.45) is 1.50. The van der Waals surface area contributed by atoms with Crippen molar-refractivity contribution in [2.45, 2.75) is 19.9 Å².